The zero-order chi connectivity index (χ0) is 11.8. The first kappa shape index (κ1) is 11.1. The minimum Gasteiger partial charge on any atom is -0.205 e. The fourth-order valence-electron chi connectivity index (χ4n) is 1.16. The van der Waals surface area contributed by atoms with E-state index in [1.165, 1.54) is 6.20 Å². The van der Waals surface area contributed by atoms with Crippen molar-refractivity contribution in [2.45, 2.75) is 0 Å². The summed E-state index contributed by atoms with van der Waals surface area (Å²) in [6, 6.07) is 6.91. The summed E-state index contributed by atoms with van der Waals surface area (Å²) in [4.78, 5) is 0. The highest BCUT2D eigenvalue weighted by molar-refractivity contribution is 7.89. The van der Waals surface area contributed by atoms with Gasteiger partial charge in [0.1, 0.15) is 5.69 Å². The molecule has 0 aliphatic heterocycles. The highest BCUT2D eigenvalue weighted by atomic mass is 35.5. The van der Waals surface area contributed by atoms with Crippen LogP contribution in [0.2, 0.25) is 5.02 Å². The summed E-state index contributed by atoms with van der Waals surface area (Å²) in [5.41, 5.74) is 1.25. The molecule has 0 fully saturated rings. The highest BCUT2D eigenvalue weighted by Crippen LogP contribution is 2.18. The summed E-state index contributed by atoms with van der Waals surface area (Å²) < 4.78 is 23.2. The molecule has 1 aromatic carbocycles. The monoisotopic (exact) mass is 257 g/mol. The molecule has 0 atom stereocenters. The SMILES string of the molecule is CS(=O)(=O)n1cc(-c2ccc(Cl)cc2)nn1. The van der Waals surface area contributed by atoms with Gasteiger partial charge >= 0.3 is 0 Å². The summed E-state index contributed by atoms with van der Waals surface area (Å²) in [7, 11) is -3.38. The van der Waals surface area contributed by atoms with Crippen molar-refractivity contribution in [2.24, 2.45) is 0 Å². The Morgan fingerprint density at radius 1 is 1.25 bits per heavy atom. The zero-order valence-corrected chi connectivity index (χ0v) is 9.90. The van der Waals surface area contributed by atoms with Gasteiger partial charge in [-0.25, -0.2) is 8.42 Å². The molecule has 1 aromatic heterocycles. The lowest BCUT2D eigenvalue weighted by Crippen LogP contribution is -2.10. The Labute approximate surface area is 97.7 Å². The van der Waals surface area contributed by atoms with Gasteiger partial charge in [0, 0.05) is 10.6 Å². The molecule has 0 spiro atoms. The molecule has 2 aromatic rings. The van der Waals surface area contributed by atoms with Crippen molar-refractivity contribution in [1.29, 1.82) is 0 Å². The van der Waals surface area contributed by atoms with Crippen LogP contribution in [0.4, 0.5) is 0 Å². The van der Waals surface area contributed by atoms with Crippen LogP contribution >= 0.6 is 11.6 Å². The second-order valence-corrected chi connectivity index (χ2v) is 5.52. The fourth-order valence-corrected chi connectivity index (χ4v) is 1.75. The average molecular weight is 258 g/mol. The summed E-state index contributed by atoms with van der Waals surface area (Å²) in [6.07, 6.45) is 2.42. The molecule has 0 N–H and O–H groups in total. The molecule has 0 saturated carbocycles. The zero-order valence-electron chi connectivity index (χ0n) is 8.33. The van der Waals surface area contributed by atoms with Crippen molar-refractivity contribution < 1.29 is 8.42 Å². The first-order chi connectivity index (χ1) is 7.47. The van der Waals surface area contributed by atoms with Gasteiger partial charge in [-0.05, 0) is 12.1 Å². The smallest absolute Gasteiger partial charge is 0.205 e. The second-order valence-electron chi connectivity index (χ2n) is 3.25. The molecule has 84 valence electrons. The molecule has 0 bridgehead atoms. The maximum atomic E-state index is 11.2. The van der Waals surface area contributed by atoms with Gasteiger partial charge < -0.3 is 0 Å². The predicted molar refractivity (Wildman–Crippen MR) is 60.7 cm³/mol. The Kier molecular flexibility index (Phi) is 2.69. The Bertz CT molecular complexity index is 604. The van der Waals surface area contributed by atoms with Crippen molar-refractivity contribution in [3.8, 4) is 11.3 Å². The van der Waals surface area contributed by atoms with Crippen LogP contribution < -0.4 is 0 Å². The molecular weight excluding hydrogens is 250 g/mol. The third-order valence-electron chi connectivity index (χ3n) is 1.95. The Morgan fingerprint density at radius 3 is 2.38 bits per heavy atom. The lowest BCUT2D eigenvalue weighted by Gasteiger charge is -1.95. The van der Waals surface area contributed by atoms with Gasteiger partial charge in [-0.3, -0.25) is 0 Å². The Hall–Kier alpha value is -1.40. The number of hydrogen-bond donors (Lipinski definition) is 0. The normalized spacial score (nSPS) is 11.6. The van der Waals surface area contributed by atoms with E-state index in [0.29, 0.717) is 10.7 Å². The quantitative estimate of drug-likeness (QED) is 0.816. The minimum atomic E-state index is -3.38. The van der Waals surface area contributed by atoms with Crippen molar-refractivity contribution in [1.82, 2.24) is 14.4 Å². The van der Waals surface area contributed by atoms with Crippen LogP contribution in [0.3, 0.4) is 0 Å². The van der Waals surface area contributed by atoms with Crippen LogP contribution in [0.25, 0.3) is 11.3 Å². The standard InChI is InChI=1S/C9H8ClN3O2S/c1-16(14,15)13-6-9(11-12-13)7-2-4-8(10)5-3-7/h2-6H,1H3. The molecule has 1 heterocycles. The molecule has 0 radical (unpaired) electrons. The fraction of sp³-hybridized carbons (Fsp3) is 0.111. The van der Waals surface area contributed by atoms with E-state index >= 15 is 0 Å². The average Bonchev–Trinajstić information content (AvgIpc) is 2.67. The number of hydrogen-bond acceptors (Lipinski definition) is 4. The number of rotatable bonds is 2. The third kappa shape index (κ3) is 2.23. The lowest BCUT2D eigenvalue weighted by molar-refractivity contribution is 0.583. The second kappa shape index (κ2) is 3.88. The summed E-state index contributed by atoms with van der Waals surface area (Å²) in [5.74, 6) is 0. The first-order valence-electron chi connectivity index (χ1n) is 4.35. The highest BCUT2D eigenvalue weighted by Gasteiger charge is 2.10. The van der Waals surface area contributed by atoms with E-state index < -0.39 is 10.0 Å². The summed E-state index contributed by atoms with van der Waals surface area (Å²) in [6.45, 7) is 0. The number of aromatic nitrogens is 3. The van der Waals surface area contributed by atoms with Crippen molar-refractivity contribution in [2.75, 3.05) is 6.26 Å². The molecule has 0 saturated heterocycles. The van der Waals surface area contributed by atoms with Crippen molar-refractivity contribution in [3.63, 3.8) is 0 Å². The molecule has 0 unspecified atom stereocenters. The molecular formula is C9H8ClN3O2S. The van der Waals surface area contributed by atoms with E-state index in [2.05, 4.69) is 10.3 Å². The van der Waals surface area contributed by atoms with Crippen LogP contribution in [-0.4, -0.2) is 29.1 Å². The maximum Gasteiger partial charge on any atom is 0.252 e. The maximum absolute atomic E-state index is 11.2. The van der Waals surface area contributed by atoms with Gasteiger partial charge in [0.05, 0.1) is 12.5 Å². The van der Waals surface area contributed by atoms with Crippen molar-refractivity contribution >= 4 is 21.6 Å². The number of nitrogens with zero attached hydrogens (tertiary/aromatic N) is 3. The van der Waals surface area contributed by atoms with E-state index in [0.717, 1.165) is 15.9 Å². The molecule has 0 aliphatic rings. The van der Waals surface area contributed by atoms with Gasteiger partial charge in [0.15, 0.2) is 0 Å². The van der Waals surface area contributed by atoms with Crippen LogP contribution in [0, 0.1) is 0 Å². The predicted octanol–water partition coefficient (Wildman–Crippen LogP) is 1.41. The molecule has 0 aliphatic carbocycles. The van der Waals surface area contributed by atoms with Gasteiger partial charge in [-0.15, -0.1) is 9.19 Å². The molecule has 7 heteroatoms. The molecule has 16 heavy (non-hydrogen) atoms. The summed E-state index contributed by atoms with van der Waals surface area (Å²) in [5, 5.41) is 7.92. The number of benzene rings is 1. The summed E-state index contributed by atoms with van der Waals surface area (Å²) >= 11 is 5.74. The van der Waals surface area contributed by atoms with Gasteiger partial charge in [-0.1, -0.05) is 28.9 Å². The molecule has 5 nitrogen and oxygen atoms in total. The van der Waals surface area contributed by atoms with E-state index in [-0.39, 0.29) is 0 Å². The minimum absolute atomic E-state index is 0.488. The first-order valence-corrected chi connectivity index (χ1v) is 6.58. The topological polar surface area (TPSA) is 64.8 Å². The number of halogens is 1. The van der Waals surface area contributed by atoms with E-state index in [4.69, 9.17) is 11.6 Å². The van der Waals surface area contributed by atoms with E-state index in [9.17, 15) is 8.42 Å². The van der Waals surface area contributed by atoms with Crippen LogP contribution in [0.15, 0.2) is 30.5 Å². The van der Waals surface area contributed by atoms with Crippen LogP contribution in [0.5, 0.6) is 0 Å². The van der Waals surface area contributed by atoms with Crippen molar-refractivity contribution in [3.05, 3.63) is 35.5 Å². The van der Waals surface area contributed by atoms with Gasteiger partial charge in [-0.2, -0.15) is 0 Å². The largest absolute Gasteiger partial charge is 0.252 e. The van der Waals surface area contributed by atoms with E-state index in [1.54, 1.807) is 24.3 Å². The van der Waals surface area contributed by atoms with E-state index in [1.807, 2.05) is 0 Å². The Morgan fingerprint density at radius 2 is 1.88 bits per heavy atom. The third-order valence-corrected chi connectivity index (χ3v) is 3.06. The van der Waals surface area contributed by atoms with Gasteiger partial charge in [0.2, 0.25) is 0 Å². The molecule has 2 rings (SSSR count). The van der Waals surface area contributed by atoms with Gasteiger partial charge in [0.25, 0.3) is 10.0 Å². The molecule has 0 amide bonds. The Balaban J connectivity index is 2.43. The lowest BCUT2D eigenvalue weighted by atomic mass is 10.2. The van der Waals surface area contributed by atoms with Crippen LogP contribution in [-0.2, 0) is 10.0 Å². The van der Waals surface area contributed by atoms with Crippen LogP contribution in [0.1, 0.15) is 0 Å².